The highest BCUT2D eigenvalue weighted by atomic mass is 19.1. The minimum absolute atomic E-state index is 0.0450. The number of hydrogen-bond donors (Lipinski definition) is 2. The number of aryl methyl sites for hydroxylation is 2. The molecule has 0 atom stereocenters. The number of pyridine rings is 1. The van der Waals surface area contributed by atoms with Gasteiger partial charge in [-0.15, -0.1) is 0 Å². The number of ketones is 1. The molecule has 1 saturated heterocycles. The van der Waals surface area contributed by atoms with Crippen molar-refractivity contribution in [1.82, 2.24) is 4.98 Å². The molecule has 1 aliphatic rings. The number of allylic oxidation sites excluding steroid dienone is 2. The van der Waals surface area contributed by atoms with E-state index in [1.54, 1.807) is 13.8 Å². The van der Waals surface area contributed by atoms with Crippen molar-refractivity contribution in [2.24, 2.45) is 11.5 Å². The van der Waals surface area contributed by atoms with Gasteiger partial charge in [0.1, 0.15) is 11.6 Å². The normalized spacial score (nSPS) is 13.8. The highest BCUT2D eigenvalue weighted by molar-refractivity contribution is 6.25. The lowest BCUT2D eigenvalue weighted by Gasteiger charge is -2.30. The summed E-state index contributed by atoms with van der Waals surface area (Å²) in [5, 5.41) is 0. The highest BCUT2D eigenvalue weighted by Gasteiger charge is 2.24. The quantitative estimate of drug-likeness (QED) is 0.299. The zero-order chi connectivity index (χ0) is 25.6. The second kappa shape index (κ2) is 11.5. The van der Waals surface area contributed by atoms with Crippen molar-refractivity contribution in [2.45, 2.75) is 40.5 Å². The molecule has 1 fully saturated rings. The number of anilines is 1. The third-order valence-electron chi connectivity index (χ3n) is 5.55. The fraction of sp³-hybridized carbons (Fsp3) is 0.320. The van der Waals surface area contributed by atoms with Crippen molar-refractivity contribution < 1.29 is 22.8 Å². The molecule has 182 valence electrons. The Hall–Kier alpha value is -3.62. The zero-order valence-electron chi connectivity index (χ0n) is 19.7. The molecule has 4 N–H and O–H groups in total. The molecule has 2 heterocycles. The topological polar surface area (TPSA) is 102 Å². The maximum absolute atomic E-state index is 14.6. The first kappa shape index (κ1) is 26.6. The van der Waals surface area contributed by atoms with Gasteiger partial charge in [-0.2, -0.15) is 0 Å². The molecule has 1 aliphatic heterocycles. The summed E-state index contributed by atoms with van der Waals surface area (Å²) in [5.74, 6) is -2.86. The Balaban J connectivity index is 0.000000379. The number of benzene rings is 1. The van der Waals surface area contributed by atoms with Crippen molar-refractivity contribution in [2.75, 3.05) is 18.0 Å². The van der Waals surface area contributed by atoms with Crippen LogP contribution in [0.3, 0.4) is 0 Å². The Morgan fingerprint density at radius 2 is 1.65 bits per heavy atom. The van der Waals surface area contributed by atoms with Gasteiger partial charge in [0.2, 0.25) is 0 Å². The van der Waals surface area contributed by atoms with E-state index in [-0.39, 0.29) is 17.0 Å². The Morgan fingerprint density at radius 1 is 1.03 bits per heavy atom. The summed E-state index contributed by atoms with van der Waals surface area (Å²) >= 11 is 0. The van der Waals surface area contributed by atoms with Crippen LogP contribution in [0.2, 0.25) is 0 Å². The van der Waals surface area contributed by atoms with Crippen molar-refractivity contribution in [1.29, 1.82) is 0 Å². The predicted octanol–water partition coefficient (Wildman–Crippen LogP) is 4.25. The van der Waals surface area contributed by atoms with E-state index in [2.05, 4.69) is 4.98 Å². The van der Waals surface area contributed by atoms with E-state index in [0.717, 1.165) is 30.7 Å². The molecule has 0 bridgehead atoms. The summed E-state index contributed by atoms with van der Waals surface area (Å²) in [5.41, 5.74) is 13.7. The minimum Gasteiger partial charge on any atom is -0.402 e. The van der Waals surface area contributed by atoms with Crippen LogP contribution in [0, 0.1) is 31.3 Å². The zero-order valence-corrected chi connectivity index (χ0v) is 19.7. The van der Waals surface area contributed by atoms with E-state index in [9.17, 15) is 22.8 Å². The van der Waals surface area contributed by atoms with Crippen molar-refractivity contribution in [3.05, 3.63) is 81.5 Å². The van der Waals surface area contributed by atoms with Gasteiger partial charge in [0, 0.05) is 30.4 Å². The average Bonchev–Trinajstić information content (AvgIpc) is 2.78. The number of halogens is 3. The third kappa shape index (κ3) is 6.46. The SMILES string of the molecule is C/C=C(/C(N)=O)C(=O)c1cc(F)c(N2CCC(=C(C)N)CC2)nc1C.Cc1ccc(F)cc1F. The Kier molecular flexibility index (Phi) is 9.00. The Labute approximate surface area is 197 Å². The van der Waals surface area contributed by atoms with Crippen LogP contribution in [0.4, 0.5) is 19.0 Å². The third-order valence-corrected chi connectivity index (χ3v) is 5.55. The molecular formula is C25H29F3N4O2. The number of Topliss-reactive ketones (excluding diaryl/α,β-unsaturated/α-hetero) is 1. The van der Waals surface area contributed by atoms with Gasteiger partial charge in [-0.25, -0.2) is 18.2 Å². The molecule has 34 heavy (non-hydrogen) atoms. The summed E-state index contributed by atoms with van der Waals surface area (Å²) in [4.78, 5) is 29.8. The molecule has 1 amide bonds. The molecule has 0 spiro atoms. The average molecular weight is 475 g/mol. The van der Waals surface area contributed by atoms with Gasteiger partial charge in [0.05, 0.1) is 11.3 Å². The van der Waals surface area contributed by atoms with Gasteiger partial charge < -0.3 is 16.4 Å². The molecule has 0 unspecified atom stereocenters. The van der Waals surface area contributed by atoms with Crippen LogP contribution in [0.1, 0.15) is 48.3 Å². The summed E-state index contributed by atoms with van der Waals surface area (Å²) in [6.07, 6.45) is 2.84. The van der Waals surface area contributed by atoms with Crippen LogP contribution >= 0.6 is 0 Å². The molecular weight excluding hydrogens is 445 g/mol. The van der Waals surface area contributed by atoms with E-state index in [4.69, 9.17) is 11.5 Å². The number of rotatable bonds is 4. The van der Waals surface area contributed by atoms with Gasteiger partial charge >= 0.3 is 0 Å². The number of hydrogen-bond acceptors (Lipinski definition) is 5. The van der Waals surface area contributed by atoms with Gasteiger partial charge in [0.15, 0.2) is 17.4 Å². The molecule has 3 rings (SSSR count). The van der Waals surface area contributed by atoms with E-state index in [1.165, 1.54) is 30.7 Å². The van der Waals surface area contributed by atoms with Gasteiger partial charge in [-0.05, 0) is 63.8 Å². The predicted molar refractivity (Wildman–Crippen MR) is 126 cm³/mol. The molecule has 0 radical (unpaired) electrons. The summed E-state index contributed by atoms with van der Waals surface area (Å²) in [6, 6.07) is 4.64. The summed E-state index contributed by atoms with van der Waals surface area (Å²) < 4.78 is 39.0. The number of nitrogens with two attached hydrogens (primary N) is 2. The van der Waals surface area contributed by atoms with Crippen LogP contribution in [-0.4, -0.2) is 29.8 Å². The number of nitrogens with zero attached hydrogens (tertiary/aromatic N) is 2. The second-order valence-corrected chi connectivity index (χ2v) is 7.99. The number of carbonyl (C=O) groups excluding carboxylic acids is 2. The van der Waals surface area contributed by atoms with Gasteiger partial charge in [0.25, 0.3) is 5.91 Å². The molecule has 0 saturated carbocycles. The van der Waals surface area contributed by atoms with Crippen LogP contribution < -0.4 is 16.4 Å². The first-order valence-electron chi connectivity index (χ1n) is 10.7. The lowest BCUT2D eigenvalue weighted by Crippen LogP contribution is -2.33. The molecule has 2 aromatic rings. The molecule has 0 aliphatic carbocycles. The monoisotopic (exact) mass is 474 g/mol. The fourth-order valence-electron chi connectivity index (χ4n) is 3.50. The van der Waals surface area contributed by atoms with E-state index >= 15 is 0 Å². The van der Waals surface area contributed by atoms with Crippen LogP contribution in [0.5, 0.6) is 0 Å². The maximum atomic E-state index is 14.6. The molecule has 1 aromatic carbocycles. The van der Waals surface area contributed by atoms with E-state index in [0.29, 0.717) is 24.3 Å². The van der Waals surface area contributed by atoms with Crippen molar-refractivity contribution >= 4 is 17.5 Å². The molecule has 1 aromatic heterocycles. The highest BCUT2D eigenvalue weighted by Crippen LogP contribution is 2.26. The summed E-state index contributed by atoms with van der Waals surface area (Å²) in [7, 11) is 0. The first-order valence-corrected chi connectivity index (χ1v) is 10.7. The number of primary amides is 1. The second-order valence-electron chi connectivity index (χ2n) is 7.99. The molecule has 6 nitrogen and oxygen atoms in total. The largest absolute Gasteiger partial charge is 0.402 e. The molecule has 9 heteroatoms. The smallest absolute Gasteiger partial charge is 0.252 e. The van der Waals surface area contributed by atoms with Crippen LogP contribution in [0.15, 0.2) is 47.2 Å². The number of aromatic nitrogens is 1. The minimum atomic E-state index is -0.844. The number of carbonyl (C=O) groups is 2. The van der Waals surface area contributed by atoms with Crippen molar-refractivity contribution in [3.8, 4) is 0 Å². The fourth-order valence-corrected chi connectivity index (χ4v) is 3.50. The van der Waals surface area contributed by atoms with E-state index < -0.39 is 29.1 Å². The van der Waals surface area contributed by atoms with Gasteiger partial charge in [-0.3, -0.25) is 9.59 Å². The summed E-state index contributed by atoms with van der Waals surface area (Å²) in [6.45, 7) is 7.83. The number of amides is 1. The first-order chi connectivity index (χ1) is 16.0. The maximum Gasteiger partial charge on any atom is 0.252 e. The van der Waals surface area contributed by atoms with Crippen LogP contribution in [-0.2, 0) is 4.79 Å². The lowest BCUT2D eigenvalue weighted by molar-refractivity contribution is -0.114. The van der Waals surface area contributed by atoms with Crippen molar-refractivity contribution in [3.63, 3.8) is 0 Å². The Morgan fingerprint density at radius 3 is 2.12 bits per heavy atom. The van der Waals surface area contributed by atoms with E-state index in [1.807, 2.05) is 11.8 Å². The van der Waals surface area contributed by atoms with Crippen LogP contribution in [0.25, 0.3) is 0 Å². The Bertz CT molecular complexity index is 1150. The lowest BCUT2D eigenvalue weighted by atomic mass is 10.0. The number of piperidine rings is 1. The standard InChI is InChI=1S/C18H23FN4O2.C7H6F2/c1-4-13(17(21)25)16(24)14-9-15(19)18(22-11(14)3)23-7-5-12(6-8-23)10(2)20;1-5-2-3-6(8)4-7(5)9/h4,9H,5-8,20H2,1-3H3,(H2,21,25);2-4H,1H3/b13-4+;. The van der Waals surface area contributed by atoms with Gasteiger partial charge in [-0.1, -0.05) is 12.1 Å².